The number of benzene rings is 5. The van der Waals surface area contributed by atoms with Crippen LogP contribution >= 0.6 is 48.6 Å². The number of hydrogen-bond donors (Lipinski definition) is 2. The topological polar surface area (TPSA) is 157 Å². The molecule has 10 rings (SSSR count). The Morgan fingerprint density at radius 1 is 0.690 bits per heavy atom. The van der Waals surface area contributed by atoms with Crippen molar-refractivity contribution in [2.24, 2.45) is 0 Å². The second-order valence-electron chi connectivity index (χ2n) is 26.0. The molecule has 27 heteroatoms. The first-order valence-corrected chi connectivity index (χ1v) is 34.0. The number of carbonyl (C=O) groups excluding carboxylic acids is 5. The number of thiophene rings is 1. The summed E-state index contributed by atoms with van der Waals surface area (Å²) < 4.78 is 116. The molecule has 6 aromatic rings. The summed E-state index contributed by atoms with van der Waals surface area (Å²) in [6, 6.07) is 33.9. The number of hydrogen-bond acceptors (Lipinski definition) is 12. The van der Waals surface area contributed by atoms with Crippen molar-refractivity contribution in [2.45, 2.75) is 113 Å². The van der Waals surface area contributed by atoms with E-state index in [1.165, 1.54) is 35.6 Å². The Morgan fingerprint density at radius 2 is 1.32 bits per heavy atom. The molecule has 544 valence electrons. The van der Waals surface area contributed by atoms with Crippen molar-refractivity contribution in [3.8, 4) is 11.1 Å². The lowest BCUT2D eigenvalue weighted by Gasteiger charge is -2.44. The lowest BCUT2D eigenvalue weighted by molar-refractivity contribution is -0.143. The first-order valence-electron chi connectivity index (χ1n) is 33.2. The van der Waals surface area contributed by atoms with Crippen LogP contribution in [0.15, 0.2) is 127 Å². The molecule has 1 aliphatic carbocycles. The predicted octanol–water partition coefficient (Wildman–Crippen LogP) is 14.6. The average Bonchev–Trinajstić information content (AvgIpc) is 1.58. The number of amides is 5. The van der Waals surface area contributed by atoms with Gasteiger partial charge in [-0.1, -0.05) is 91.3 Å². The zero-order valence-corrected chi connectivity index (χ0v) is 59.7. The molecule has 1 aromatic heterocycles. The van der Waals surface area contributed by atoms with E-state index in [0.29, 0.717) is 106 Å². The molecule has 1 spiro atoms. The van der Waals surface area contributed by atoms with Gasteiger partial charge in [0.2, 0.25) is 11.8 Å². The van der Waals surface area contributed by atoms with Gasteiger partial charge >= 0.3 is 18.4 Å². The number of carbonyl (C=O) groups is 5. The van der Waals surface area contributed by atoms with Crippen LogP contribution in [0, 0.1) is 12.7 Å². The Bertz CT molecular complexity index is 3680. The van der Waals surface area contributed by atoms with Crippen molar-refractivity contribution in [1.29, 1.82) is 0 Å². The van der Waals surface area contributed by atoms with Crippen molar-refractivity contribution in [1.82, 2.24) is 29.4 Å². The molecule has 3 saturated heterocycles. The number of anilines is 2. The summed E-state index contributed by atoms with van der Waals surface area (Å²) in [5.74, 6) is -1.78. The first-order chi connectivity index (χ1) is 46.4. The second kappa shape index (κ2) is 35.7. The average molecular weight is 1480 g/mol. The maximum absolute atomic E-state index is 14.3. The number of ether oxygens (including phenoxy) is 3. The number of alkyl halides is 6. The van der Waals surface area contributed by atoms with E-state index in [9.17, 15) is 54.7 Å². The Hall–Kier alpha value is -7.03. The highest BCUT2D eigenvalue weighted by Gasteiger charge is 2.50. The Balaban J connectivity index is 0.00000468. The van der Waals surface area contributed by atoms with Crippen molar-refractivity contribution in [2.75, 3.05) is 117 Å². The fourth-order valence-corrected chi connectivity index (χ4v) is 14.8. The first kappa shape index (κ1) is 80.3. The molecule has 100 heavy (non-hydrogen) atoms. The third-order valence-electron chi connectivity index (χ3n) is 19.5. The normalized spacial score (nSPS) is 17.7. The summed E-state index contributed by atoms with van der Waals surface area (Å²) in [5, 5.41) is 7.29. The van der Waals surface area contributed by atoms with Crippen LogP contribution in [-0.4, -0.2) is 178 Å². The van der Waals surface area contributed by atoms with Crippen LogP contribution in [-0.2, 0) is 53.6 Å². The largest absolute Gasteiger partial charge is 0.446 e. The number of nitrogens with zero attached hydrogens (tertiary/aromatic N) is 6. The molecule has 3 fully saturated rings. The van der Waals surface area contributed by atoms with Crippen molar-refractivity contribution >= 4 is 89.0 Å². The molecule has 0 unspecified atom stereocenters. The minimum absolute atomic E-state index is 0. The van der Waals surface area contributed by atoms with E-state index in [0.717, 1.165) is 89.5 Å². The molecule has 2 atom stereocenters. The molecule has 5 aromatic carbocycles. The van der Waals surface area contributed by atoms with Gasteiger partial charge in [0, 0.05) is 96.5 Å². The van der Waals surface area contributed by atoms with Gasteiger partial charge in [-0.3, -0.25) is 24.5 Å². The predicted molar refractivity (Wildman–Crippen MR) is 379 cm³/mol. The number of nitrogens with one attached hydrogen (secondary N) is 2. The van der Waals surface area contributed by atoms with Crippen LogP contribution in [0.2, 0.25) is 0 Å². The van der Waals surface area contributed by atoms with Gasteiger partial charge in [-0.05, 0) is 148 Å². The molecule has 3 aliphatic heterocycles. The number of piperidine rings is 2. The molecule has 16 nitrogen and oxygen atoms in total. The molecule has 2 N–H and O–H groups in total. The summed E-state index contributed by atoms with van der Waals surface area (Å²) in [7, 11) is 5.33. The fraction of sp³-hybridized carbons (Fsp3) is 0.466. The highest BCUT2D eigenvalue weighted by atomic mass is 35.5. The summed E-state index contributed by atoms with van der Waals surface area (Å²) in [6.45, 7) is 7.22. The number of rotatable bonds is 26. The van der Waals surface area contributed by atoms with Gasteiger partial charge in [-0.15, -0.1) is 48.6 Å². The van der Waals surface area contributed by atoms with Crippen molar-refractivity contribution < 1.29 is 68.9 Å². The Kier molecular flexibility index (Phi) is 28.7. The molecule has 0 saturated carbocycles. The van der Waals surface area contributed by atoms with Crippen LogP contribution in [0.3, 0.4) is 0 Å². The minimum Gasteiger partial charge on any atom is -0.446 e. The van der Waals surface area contributed by atoms with Gasteiger partial charge in [-0.2, -0.15) is 26.3 Å². The lowest BCUT2D eigenvalue weighted by atomic mass is 9.72. The number of aryl methyl sites for hydroxylation is 1. The summed E-state index contributed by atoms with van der Waals surface area (Å²) >= 11 is 1.41. The van der Waals surface area contributed by atoms with Crippen LogP contribution in [0.5, 0.6) is 0 Å². The summed E-state index contributed by atoms with van der Waals surface area (Å²) in [5.41, 5.74) is 0.627. The minimum atomic E-state index is -5.15. The van der Waals surface area contributed by atoms with E-state index in [4.69, 9.17) is 14.2 Å². The number of fused-ring (bicyclic) bond motifs is 2. The molecular formula is C73H88Cl3F7N8O8S. The number of likely N-dealkylation sites (N-methyl/N-ethyl adjacent to an activating group) is 2. The van der Waals surface area contributed by atoms with Crippen LogP contribution in [0.25, 0.3) is 11.1 Å². The van der Waals surface area contributed by atoms with Crippen molar-refractivity contribution in [3.05, 3.63) is 177 Å². The summed E-state index contributed by atoms with van der Waals surface area (Å²) in [6.07, 6.45) is -4.07. The van der Waals surface area contributed by atoms with E-state index in [2.05, 4.69) is 32.6 Å². The maximum atomic E-state index is 14.3. The van der Waals surface area contributed by atoms with Crippen LogP contribution < -0.4 is 10.6 Å². The third kappa shape index (κ3) is 20.2. The number of halogens is 10. The monoisotopic (exact) mass is 1470 g/mol. The molecule has 4 heterocycles. The SMILES string of the molecule is Cc1cc(NCCCCCC(=O)N(C)CCN2CCC(OC(=O)Nc3ccccc3-c3ccccc3)CC2)sc1C(=O)N(C)CCCN(C)C(=O)CO[C@H]1Cc2ccccc2C12CCN(CC[C@@]1(c3ccc(F)cc3)CN(C(=O)c3cc(C(F)(F)F)cc(C(F)(F)F)c3)CO1)CC2.Cl.Cl.Cl. The highest BCUT2D eigenvalue weighted by molar-refractivity contribution is 7.18. The quantitative estimate of drug-likeness (QED) is 0.0394. The van der Waals surface area contributed by atoms with Gasteiger partial charge in [0.05, 0.1) is 39.3 Å². The molecule has 4 aliphatic rings. The number of unbranched alkanes of at least 4 members (excludes halogenated alkanes) is 2. The maximum Gasteiger partial charge on any atom is 0.416 e. The van der Waals surface area contributed by atoms with E-state index >= 15 is 0 Å². The number of para-hydroxylation sites is 1. The fourth-order valence-electron chi connectivity index (χ4n) is 13.7. The zero-order chi connectivity index (χ0) is 69.1. The van der Waals surface area contributed by atoms with Gasteiger partial charge in [0.1, 0.15) is 30.9 Å². The van der Waals surface area contributed by atoms with Gasteiger partial charge in [-0.25, -0.2) is 9.18 Å². The van der Waals surface area contributed by atoms with Gasteiger partial charge < -0.3 is 48.9 Å². The molecule has 5 amide bonds. The van der Waals surface area contributed by atoms with E-state index in [1.54, 1.807) is 28.8 Å². The summed E-state index contributed by atoms with van der Waals surface area (Å²) in [4.78, 5) is 78.4. The number of likely N-dealkylation sites (tertiary alicyclic amines) is 2. The van der Waals surface area contributed by atoms with Crippen LogP contribution in [0.1, 0.15) is 118 Å². The highest BCUT2D eigenvalue weighted by Crippen LogP contribution is 2.49. The standard InChI is InChI=1S/C73H85F7N8O8S.3ClH/c1-50-42-63(81-32-14-6-9-22-64(89)84(3)40-41-86-35-27-58(28-36-86)96-69(93)82-61-21-13-11-19-59(61)51-16-7-5-8-17-51)97-66(50)68(92)85(4)34-15-33-83(2)65(90)47-94-62-45-52-18-10-12-20-60(52)70(62)29-37-87(38-30-70)39-31-71(54-23-25-57(74)26-24-54)48-88(49-95-71)67(91)53-43-55(72(75,76)77)46-56(44-53)73(78,79)80;;;/h5,7-8,10-13,16-21,23-26,42-44,46,58,62,81H,6,9,14-15,22,27-41,45,47-49H2,1-4H3,(H,82,93);3*1H/t62-,71-;;;/m0.../s1. The van der Waals surface area contributed by atoms with Gasteiger partial charge in [0.15, 0.2) is 0 Å². The van der Waals surface area contributed by atoms with E-state index in [-0.39, 0.29) is 92.8 Å². The van der Waals surface area contributed by atoms with E-state index < -0.39 is 64.6 Å². The van der Waals surface area contributed by atoms with Crippen molar-refractivity contribution in [3.63, 3.8) is 0 Å². The lowest BCUT2D eigenvalue weighted by Crippen LogP contribution is -2.50. The van der Waals surface area contributed by atoms with E-state index in [1.807, 2.05) is 86.8 Å². The van der Waals surface area contributed by atoms with Crippen LogP contribution in [0.4, 0.5) is 46.2 Å². The second-order valence-corrected chi connectivity index (χ2v) is 27.1. The Labute approximate surface area is 602 Å². The third-order valence-corrected chi connectivity index (χ3v) is 20.7. The molecular weight excluding hydrogens is 1390 g/mol. The molecule has 0 bridgehead atoms. The zero-order valence-electron chi connectivity index (χ0n) is 56.5. The smallest absolute Gasteiger partial charge is 0.416 e. The molecule has 0 radical (unpaired) electrons. The van der Waals surface area contributed by atoms with Gasteiger partial charge in [0.25, 0.3) is 11.8 Å². The Morgan fingerprint density at radius 3 is 2.01 bits per heavy atom.